The SMILES string of the molecule is COCCOc1ccccc1NC(=O)N1CCC[C@@H](C(=O)N2CCCC2)C1. The zero-order chi connectivity index (χ0) is 19.1. The largest absolute Gasteiger partial charge is 0.489 e. The van der Waals surface area contributed by atoms with Crippen LogP contribution in [0.15, 0.2) is 24.3 Å². The first-order valence-corrected chi connectivity index (χ1v) is 9.74. The van der Waals surface area contributed by atoms with Crippen molar-refractivity contribution in [2.24, 2.45) is 5.92 Å². The Balaban J connectivity index is 1.58. The number of methoxy groups -OCH3 is 1. The topological polar surface area (TPSA) is 71.1 Å². The van der Waals surface area contributed by atoms with Crippen molar-refractivity contribution in [3.63, 3.8) is 0 Å². The average Bonchev–Trinajstić information content (AvgIpc) is 3.24. The molecular weight excluding hydrogens is 346 g/mol. The Bertz CT molecular complexity index is 646. The number of urea groups is 1. The second-order valence-corrected chi connectivity index (χ2v) is 7.09. The van der Waals surface area contributed by atoms with Crippen molar-refractivity contribution in [1.82, 2.24) is 9.80 Å². The van der Waals surface area contributed by atoms with Gasteiger partial charge in [-0.25, -0.2) is 4.79 Å². The molecule has 148 valence electrons. The molecule has 3 rings (SSSR count). The van der Waals surface area contributed by atoms with Crippen LogP contribution in [0.5, 0.6) is 5.75 Å². The van der Waals surface area contributed by atoms with Crippen LogP contribution in [0.1, 0.15) is 25.7 Å². The van der Waals surface area contributed by atoms with Crippen LogP contribution < -0.4 is 10.1 Å². The molecule has 0 spiro atoms. The summed E-state index contributed by atoms with van der Waals surface area (Å²) in [7, 11) is 1.62. The van der Waals surface area contributed by atoms with Crippen molar-refractivity contribution in [2.75, 3.05) is 51.8 Å². The maximum Gasteiger partial charge on any atom is 0.321 e. The molecule has 7 nitrogen and oxygen atoms in total. The van der Waals surface area contributed by atoms with Gasteiger partial charge in [-0.15, -0.1) is 0 Å². The molecule has 1 aromatic rings. The Morgan fingerprint density at radius 1 is 1.07 bits per heavy atom. The highest BCUT2D eigenvalue weighted by molar-refractivity contribution is 5.91. The van der Waals surface area contributed by atoms with Crippen LogP contribution in [0.3, 0.4) is 0 Å². The van der Waals surface area contributed by atoms with E-state index in [1.54, 1.807) is 12.0 Å². The third-order valence-electron chi connectivity index (χ3n) is 5.15. The first kappa shape index (κ1) is 19.5. The molecule has 0 radical (unpaired) electrons. The van der Waals surface area contributed by atoms with Gasteiger partial charge < -0.3 is 24.6 Å². The second kappa shape index (κ2) is 9.60. The predicted molar refractivity (Wildman–Crippen MR) is 103 cm³/mol. The van der Waals surface area contributed by atoms with E-state index in [1.165, 1.54) is 0 Å². The van der Waals surface area contributed by atoms with Crippen molar-refractivity contribution in [1.29, 1.82) is 0 Å². The van der Waals surface area contributed by atoms with Gasteiger partial charge in [0.05, 0.1) is 18.2 Å². The number of piperidine rings is 1. The summed E-state index contributed by atoms with van der Waals surface area (Å²) in [4.78, 5) is 29.1. The molecule has 1 aromatic carbocycles. The quantitative estimate of drug-likeness (QED) is 0.776. The van der Waals surface area contributed by atoms with Gasteiger partial charge in [0.1, 0.15) is 12.4 Å². The van der Waals surface area contributed by atoms with Crippen molar-refractivity contribution in [3.8, 4) is 5.75 Å². The molecule has 7 heteroatoms. The standard InChI is InChI=1S/C20H29N3O4/c1-26-13-14-27-18-9-3-2-8-17(18)21-20(25)23-12-6-7-16(15-23)19(24)22-10-4-5-11-22/h2-3,8-9,16H,4-7,10-15H2,1H3,(H,21,25)/t16-/m1/s1. The number of carbonyl (C=O) groups excluding carboxylic acids is 2. The molecule has 2 saturated heterocycles. The lowest BCUT2D eigenvalue weighted by molar-refractivity contribution is -0.135. The van der Waals surface area contributed by atoms with Gasteiger partial charge in [-0.2, -0.15) is 0 Å². The Labute approximate surface area is 160 Å². The summed E-state index contributed by atoms with van der Waals surface area (Å²) in [6.07, 6.45) is 3.88. The normalized spacial score (nSPS) is 19.8. The Morgan fingerprint density at radius 3 is 2.59 bits per heavy atom. The minimum Gasteiger partial charge on any atom is -0.489 e. The number of amides is 3. The Hall–Kier alpha value is -2.28. The highest BCUT2D eigenvalue weighted by atomic mass is 16.5. The number of benzene rings is 1. The molecule has 1 N–H and O–H groups in total. The molecular formula is C20H29N3O4. The molecule has 1 atom stereocenters. The van der Waals surface area contributed by atoms with Crippen LogP contribution in [0.25, 0.3) is 0 Å². The van der Waals surface area contributed by atoms with E-state index in [9.17, 15) is 9.59 Å². The fourth-order valence-corrected chi connectivity index (χ4v) is 3.68. The van der Waals surface area contributed by atoms with Gasteiger partial charge in [-0.05, 0) is 37.8 Å². The number of rotatable bonds is 6. The van der Waals surface area contributed by atoms with Gasteiger partial charge in [0.25, 0.3) is 0 Å². The van der Waals surface area contributed by atoms with E-state index in [-0.39, 0.29) is 17.9 Å². The number of likely N-dealkylation sites (tertiary alicyclic amines) is 2. The van der Waals surface area contributed by atoms with Crippen molar-refractivity contribution in [3.05, 3.63) is 24.3 Å². The van der Waals surface area contributed by atoms with Gasteiger partial charge in [0.15, 0.2) is 0 Å². The number of nitrogens with one attached hydrogen (secondary N) is 1. The third-order valence-corrected chi connectivity index (χ3v) is 5.15. The van der Waals surface area contributed by atoms with E-state index in [4.69, 9.17) is 9.47 Å². The number of hydrogen-bond donors (Lipinski definition) is 1. The molecule has 0 aliphatic carbocycles. The van der Waals surface area contributed by atoms with Gasteiger partial charge >= 0.3 is 6.03 Å². The fourth-order valence-electron chi connectivity index (χ4n) is 3.68. The van der Waals surface area contributed by atoms with Crippen molar-refractivity contribution in [2.45, 2.75) is 25.7 Å². The lowest BCUT2D eigenvalue weighted by Crippen LogP contribution is -2.47. The molecule has 2 fully saturated rings. The summed E-state index contributed by atoms with van der Waals surface area (Å²) in [5.74, 6) is 0.730. The molecule has 0 saturated carbocycles. The number of hydrogen-bond acceptors (Lipinski definition) is 4. The number of anilines is 1. The van der Waals surface area contributed by atoms with Crippen LogP contribution >= 0.6 is 0 Å². The molecule has 2 heterocycles. The maximum absolute atomic E-state index is 12.7. The summed E-state index contributed by atoms with van der Waals surface area (Å²) in [5.41, 5.74) is 0.631. The second-order valence-electron chi connectivity index (χ2n) is 7.09. The lowest BCUT2D eigenvalue weighted by Gasteiger charge is -2.34. The minimum atomic E-state index is -0.184. The number of nitrogens with zero attached hydrogens (tertiary/aromatic N) is 2. The van der Waals surface area contributed by atoms with E-state index in [0.29, 0.717) is 37.7 Å². The Morgan fingerprint density at radius 2 is 1.81 bits per heavy atom. The molecule has 3 amide bonds. The average molecular weight is 375 g/mol. The van der Waals surface area contributed by atoms with Crippen LogP contribution in [0, 0.1) is 5.92 Å². The van der Waals surface area contributed by atoms with E-state index in [2.05, 4.69) is 5.32 Å². The minimum absolute atomic E-state index is 0.0872. The van der Waals surface area contributed by atoms with Crippen LogP contribution in [-0.2, 0) is 9.53 Å². The first-order chi connectivity index (χ1) is 13.2. The zero-order valence-corrected chi connectivity index (χ0v) is 16.0. The monoisotopic (exact) mass is 375 g/mol. The molecule has 2 aliphatic heterocycles. The summed E-state index contributed by atoms with van der Waals surface area (Å²) >= 11 is 0. The number of ether oxygens (including phenoxy) is 2. The molecule has 0 aromatic heterocycles. The Kier molecular flexibility index (Phi) is 6.92. The summed E-state index contributed by atoms with van der Waals surface area (Å²) < 4.78 is 10.7. The fraction of sp³-hybridized carbons (Fsp3) is 0.600. The first-order valence-electron chi connectivity index (χ1n) is 9.74. The smallest absolute Gasteiger partial charge is 0.321 e. The van der Waals surface area contributed by atoms with Crippen molar-refractivity contribution >= 4 is 17.6 Å². The lowest BCUT2D eigenvalue weighted by atomic mass is 9.97. The van der Waals surface area contributed by atoms with Crippen LogP contribution in [0.4, 0.5) is 10.5 Å². The predicted octanol–water partition coefficient (Wildman–Crippen LogP) is 2.58. The van der Waals surface area contributed by atoms with E-state index in [1.807, 2.05) is 29.2 Å². The summed E-state index contributed by atoms with van der Waals surface area (Å²) in [5, 5.41) is 2.93. The van der Waals surface area contributed by atoms with Gasteiger partial charge in [0.2, 0.25) is 5.91 Å². The molecule has 0 unspecified atom stereocenters. The molecule has 27 heavy (non-hydrogen) atoms. The summed E-state index contributed by atoms with van der Waals surface area (Å²) in [6.45, 7) is 3.76. The van der Waals surface area contributed by atoms with Crippen LogP contribution in [0.2, 0.25) is 0 Å². The van der Waals surface area contributed by atoms with E-state index >= 15 is 0 Å². The van der Waals surface area contributed by atoms with Crippen LogP contribution in [-0.4, -0.2) is 68.2 Å². The zero-order valence-electron chi connectivity index (χ0n) is 16.0. The number of carbonyl (C=O) groups is 2. The summed E-state index contributed by atoms with van der Waals surface area (Å²) in [6, 6.07) is 7.17. The third kappa shape index (κ3) is 5.13. The molecule has 2 aliphatic rings. The maximum atomic E-state index is 12.7. The number of para-hydroxylation sites is 2. The van der Waals surface area contributed by atoms with Crippen molar-refractivity contribution < 1.29 is 19.1 Å². The van der Waals surface area contributed by atoms with Gasteiger partial charge in [-0.1, -0.05) is 12.1 Å². The highest BCUT2D eigenvalue weighted by Gasteiger charge is 2.32. The van der Waals surface area contributed by atoms with E-state index in [0.717, 1.165) is 38.8 Å². The molecule has 0 bridgehead atoms. The van der Waals surface area contributed by atoms with E-state index < -0.39 is 0 Å². The van der Waals surface area contributed by atoms with Gasteiger partial charge in [0, 0.05) is 33.3 Å². The van der Waals surface area contributed by atoms with Gasteiger partial charge in [-0.3, -0.25) is 4.79 Å². The highest BCUT2D eigenvalue weighted by Crippen LogP contribution is 2.26.